The molecule has 0 aliphatic carbocycles. The molecule has 0 fully saturated rings. The summed E-state index contributed by atoms with van der Waals surface area (Å²) in [6.07, 6.45) is 4.47. The summed E-state index contributed by atoms with van der Waals surface area (Å²) in [4.78, 5) is 11.8. The SMILES string of the molecule is COc1ccc(CCC(=O)NCC2=CCNCC2)cc1.Cl. The van der Waals surface area contributed by atoms with E-state index in [1.54, 1.807) is 7.11 Å². The number of nitrogens with one attached hydrogen (secondary N) is 2. The molecule has 0 saturated heterocycles. The summed E-state index contributed by atoms with van der Waals surface area (Å²) < 4.78 is 5.11. The van der Waals surface area contributed by atoms with Gasteiger partial charge in [-0.2, -0.15) is 0 Å². The molecule has 2 N–H and O–H groups in total. The van der Waals surface area contributed by atoms with Gasteiger partial charge in [0.15, 0.2) is 0 Å². The second-order valence-corrected chi connectivity index (χ2v) is 4.94. The van der Waals surface area contributed by atoms with Crippen molar-refractivity contribution in [2.75, 3.05) is 26.7 Å². The number of rotatable bonds is 6. The molecule has 0 atom stereocenters. The molecule has 1 aliphatic rings. The van der Waals surface area contributed by atoms with Crippen LogP contribution in [0.2, 0.25) is 0 Å². The Morgan fingerprint density at radius 3 is 2.71 bits per heavy atom. The van der Waals surface area contributed by atoms with Crippen molar-refractivity contribution < 1.29 is 9.53 Å². The lowest BCUT2D eigenvalue weighted by Gasteiger charge is -2.14. The summed E-state index contributed by atoms with van der Waals surface area (Å²) in [6, 6.07) is 7.85. The molecule has 0 aromatic heterocycles. The van der Waals surface area contributed by atoms with E-state index in [4.69, 9.17) is 4.74 Å². The van der Waals surface area contributed by atoms with E-state index >= 15 is 0 Å². The number of carbonyl (C=O) groups excluding carboxylic acids is 1. The highest BCUT2D eigenvalue weighted by Crippen LogP contribution is 2.12. The molecule has 116 valence electrons. The van der Waals surface area contributed by atoms with E-state index in [0.717, 1.165) is 37.2 Å². The molecule has 1 amide bonds. The van der Waals surface area contributed by atoms with Crippen molar-refractivity contribution in [3.63, 3.8) is 0 Å². The summed E-state index contributed by atoms with van der Waals surface area (Å²) >= 11 is 0. The average Bonchev–Trinajstić information content (AvgIpc) is 2.52. The Balaban J connectivity index is 0.00000220. The molecule has 0 spiro atoms. The number of aryl methyl sites for hydroxylation is 1. The lowest BCUT2D eigenvalue weighted by molar-refractivity contribution is -0.120. The normalized spacial score (nSPS) is 13.9. The lowest BCUT2D eigenvalue weighted by atomic mass is 10.1. The van der Waals surface area contributed by atoms with Crippen LogP contribution >= 0.6 is 12.4 Å². The molecule has 5 heteroatoms. The minimum Gasteiger partial charge on any atom is -0.497 e. The van der Waals surface area contributed by atoms with Crippen LogP contribution in [0.5, 0.6) is 5.75 Å². The van der Waals surface area contributed by atoms with Gasteiger partial charge >= 0.3 is 0 Å². The first-order valence-electron chi connectivity index (χ1n) is 7.06. The first-order chi connectivity index (χ1) is 9.78. The molecule has 21 heavy (non-hydrogen) atoms. The highest BCUT2D eigenvalue weighted by molar-refractivity contribution is 5.85. The van der Waals surface area contributed by atoms with Crippen LogP contribution in [0.1, 0.15) is 18.4 Å². The van der Waals surface area contributed by atoms with Gasteiger partial charge in [-0.05, 0) is 37.1 Å². The van der Waals surface area contributed by atoms with Gasteiger partial charge in [0, 0.05) is 19.5 Å². The third kappa shape index (κ3) is 6.19. The van der Waals surface area contributed by atoms with Crippen molar-refractivity contribution in [1.82, 2.24) is 10.6 Å². The van der Waals surface area contributed by atoms with Crippen LogP contribution in [0.4, 0.5) is 0 Å². The first-order valence-corrected chi connectivity index (χ1v) is 7.06. The molecule has 1 aliphatic heterocycles. The van der Waals surface area contributed by atoms with Crippen LogP contribution in [0.15, 0.2) is 35.9 Å². The number of hydrogen-bond acceptors (Lipinski definition) is 3. The summed E-state index contributed by atoms with van der Waals surface area (Å²) in [5.74, 6) is 0.955. The highest BCUT2D eigenvalue weighted by atomic mass is 35.5. The van der Waals surface area contributed by atoms with Crippen molar-refractivity contribution in [3.8, 4) is 5.75 Å². The van der Waals surface area contributed by atoms with Crippen molar-refractivity contribution in [3.05, 3.63) is 41.5 Å². The minimum atomic E-state index is 0. The summed E-state index contributed by atoms with van der Waals surface area (Å²) in [7, 11) is 1.65. The van der Waals surface area contributed by atoms with Gasteiger partial charge in [-0.15, -0.1) is 12.4 Å². The van der Waals surface area contributed by atoms with Crippen LogP contribution in [0, 0.1) is 0 Å². The molecule has 1 heterocycles. The van der Waals surface area contributed by atoms with E-state index in [1.807, 2.05) is 24.3 Å². The lowest BCUT2D eigenvalue weighted by Crippen LogP contribution is -2.29. The van der Waals surface area contributed by atoms with E-state index in [9.17, 15) is 4.79 Å². The molecule has 0 saturated carbocycles. The number of carbonyl (C=O) groups is 1. The fourth-order valence-corrected chi connectivity index (χ4v) is 2.18. The summed E-state index contributed by atoms with van der Waals surface area (Å²) in [5, 5.41) is 6.24. The van der Waals surface area contributed by atoms with Crippen LogP contribution in [-0.4, -0.2) is 32.7 Å². The predicted octanol–water partition coefficient (Wildman–Crippen LogP) is 2.09. The van der Waals surface area contributed by atoms with E-state index < -0.39 is 0 Å². The Bertz CT molecular complexity index is 472. The standard InChI is InChI=1S/C16H22N2O2.ClH/c1-20-15-5-2-13(3-6-15)4-7-16(19)18-12-14-8-10-17-11-9-14;/h2-3,5-6,8,17H,4,7,9-12H2,1H3,(H,18,19);1H. The van der Waals surface area contributed by atoms with Crippen molar-refractivity contribution in [2.24, 2.45) is 0 Å². The fraction of sp³-hybridized carbons (Fsp3) is 0.438. The minimum absolute atomic E-state index is 0. The van der Waals surface area contributed by atoms with Gasteiger partial charge in [0.1, 0.15) is 5.75 Å². The summed E-state index contributed by atoms with van der Waals surface area (Å²) in [5.41, 5.74) is 2.48. The monoisotopic (exact) mass is 310 g/mol. The van der Waals surface area contributed by atoms with Crippen molar-refractivity contribution in [1.29, 1.82) is 0 Å². The maximum absolute atomic E-state index is 11.8. The van der Waals surface area contributed by atoms with Crippen LogP contribution in [0.3, 0.4) is 0 Å². The van der Waals surface area contributed by atoms with E-state index in [0.29, 0.717) is 13.0 Å². The number of amides is 1. The molecular weight excluding hydrogens is 288 g/mol. The Morgan fingerprint density at radius 1 is 1.33 bits per heavy atom. The maximum atomic E-state index is 11.8. The average molecular weight is 311 g/mol. The van der Waals surface area contributed by atoms with E-state index in [1.165, 1.54) is 5.57 Å². The van der Waals surface area contributed by atoms with Gasteiger partial charge in [0.05, 0.1) is 7.11 Å². The van der Waals surface area contributed by atoms with Crippen molar-refractivity contribution >= 4 is 18.3 Å². The largest absolute Gasteiger partial charge is 0.497 e. The Labute approximate surface area is 132 Å². The predicted molar refractivity (Wildman–Crippen MR) is 87.1 cm³/mol. The van der Waals surface area contributed by atoms with Gasteiger partial charge < -0.3 is 15.4 Å². The Hall–Kier alpha value is -1.52. The zero-order chi connectivity index (χ0) is 14.2. The van der Waals surface area contributed by atoms with Gasteiger partial charge in [0.2, 0.25) is 5.91 Å². The zero-order valence-corrected chi connectivity index (χ0v) is 13.2. The fourth-order valence-electron chi connectivity index (χ4n) is 2.18. The molecule has 1 aromatic carbocycles. The van der Waals surface area contributed by atoms with E-state index in [-0.39, 0.29) is 18.3 Å². The third-order valence-corrected chi connectivity index (χ3v) is 3.47. The molecule has 0 unspecified atom stereocenters. The number of halogens is 1. The van der Waals surface area contributed by atoms with E-state index in [2.05, 4.69) is 16.7 Å². The number of hydrogen-bond donors (Lipinski definition) is 2. The smallest absolute Gasteiger partial charge is 0.220 e. The van der Waals surface area contributed by atoms with Gasteiger partial charge in [0.25, 0.3) is 0 Å². The second-order valence-electron chi connectivity index (χ2n) is 4.94. The second kappa shape index (κ2) is 9.42. The van der Waals surface area contributed by atoms with Crippen LogP contribution < -0.4 is 15.4 Å². The van der Waals surface area contributed by atoms with Gasteiger partial charge in [-0.1, -0.05) is 23.8 Å². The van der Waals surface area contributed by atoms with Gasteiger partial charge in [-0.3, -0.25) is 4.79 Å². The quantitative estimate of drug-likeness (QED) is 0.791. The zero-order valence-electron chi connectivity index (χ0n) is 12.4. The molecule has 0 radical (unpaired) electrons. The summed E-state index contributed by atoms with van der Waals surface area (Å²) in [6.45, 7) is 2.60. The molecule has 2 rings (SSSR count). The van der Waals surface area contributed by atoms with Crippen molar-refractivity contribution in [2.45, 2.75) is 19.3 Å². The number of ether oxygens (including phenoxy) is 1. The molecule has 0 bridgehead atoms. The Kier molecular flexibility index (Phi) is 7.87. The topological polar surface area (TPSA) is 50.4 Å². The maximum Gasteiger partial charge on any atom is 0.220 e. The molecule has 1 aromatic rings. The highest BCUT2D eigenvalue weighted by Gasteiger charge is 2.06. The van der Waals surface area contributed by atoms with Crippen LogP contribution in [0.25, 0.3) is 0 Å². The molecule has 4 nitrogen and oxygen atoms in total. The van der Waals surface area contributed by atoms with Gasteiger partial charge in [-0.25, -0.2) is 0 Å². The Morgan fingerprint density at radius 2 is 2.10 bits per heavy atom. The number of methoxy groups -OCH3 is 1. The first kappa shape index (κ1) is 17.5. The number of benzene rings is 1. The third-order valence-electron chi connectivity index (χ3n) is 3.47. The van der Waals surface area contributed by atoms with Crippen LogP contribution in [-0.2, 0) is 11.2 Å². The molecular formula is C16H23ClN2O2.